The van der Waals surface area contributed by atoms with Crippen LogP contribution < -0.4 is 16.0 Å². The van der Waals surface area contributed by atoms with Gasteiger partial charge in [-0.3, -0.25) is 14.2 Å². The predicted molar refractivity (Wildman–Crippen MR) is 120 cm³/mol. The van der Waals surface area contributed by atoms with E-state index in [1.165, 1.54) is 0 Å². The number of amides is 1. The second-order valence-electron chi connectivity index (χ2n) is 5.91. The summed E-state index contributed by atoms with van der Waals surface area (Å²) in [6.07, 6.45) is 2.28. The highest BCUT2D eigenvalue weighted by molar-refractivity contribution is 14.0. The Labute approximate surface area is 180 Å². The summed E-state index contributed by atoms with van der Waals surface area (Å²) in [5.41, 5.74) is 1.88. The molecule has 0 saturated heterocycles. The third-order valence-corrected chi connectivity index (χ3v) is 4.00. The highest BCUT2D eigenvalue weighted by Crippen LogP contribution is 2.02. The maximum Gasteiger partial charge on any atom is 0.222 e. The van der Waals surface area contributed by atoms with Crippen molar-refractivity contribution >= 4 is 41.5 Å². The standard InChI is InChI=1S/C19H23N7O.HI/c1-20-19(23-14-17-25-24-16-9-5-6-12-26(16)17)21-11-10-18(27)22-13-15-7-3-2-4-8-15;/h2-9,12H,10-11,13-14H2,1H3,(H,22,27)(H2,20,21,23);1H. The Morgan fingerprint density at radius 1 is 1.00 bits per heavy atom. The third kappa shape index (κ3) is 6.19. The number of benzene rings is 1. The van der Waals surface area contributed by atoms with Gasteiger partial charge in [-0.1, -0.05) is 36.4 Å². The van der Waals surface area contributed by atoms with Crippen LogP contribution in [0.4, 0.5) is 0 Å². The minimum atomic E-state index is -0.00902. The van der Waals surface area contributed by atoms with Crippen molar-refractivity contribution in [1.82, 2.24) is 30.5 Å². The summed E-state index contributed by atoms with van der Waals surface area (Å²) in [4.78, 5) is 16.1. The topological polar surface area (TPSA) is 95.7 Å². The molecule has 2 aromatic heterocycles. The van der Waals surface area contributed by atoms with Gasteiger partial charge in [0.25, 0.3) is 0 Å². The lowest BCUT2D eigenvalue weighted by Crippen LogP contribution is -2.39. The van der Waals surface area contributed by atoms with E-state index in [2.05, 4.69) is 31.1 Å². The summed E-state index contributed by atoms with van der Waals surface area (Å²) in [7, 11) is 1.69. The van der Waals surface area contributed by atoms with Gasteiger partial charge in [-0.25, -0.2) is 0 Å². The first kappa shape index (κ1) is 21.6. The molecule has 0 saturated carbocycles. The molecule has 148 valence electrons. The first-order valence-corrected chi connectivity index (χ1v) is 8.80. The van der Waals surface area contributed by atoms with Gasteiger partial charge in [0.2, 0.25) is 5.91 Å². The number of aromatic nitrogens is 3. The Kier molecular flexibility index (Phi) is 8.66. The molecule has 1 aromatic carbocycles. The van der Waals surface area contributed by atoms with Crippen molar-refractivity contribution in [1.29, 1.82) is 0 Å². The maximum atomic E-state index is 11.9. The van der Waals surface area contributed by atoms with Gasteiger partial charge in [-0.2, -0.15) is 0 Å². The van der Waals surface area contributed by atoms with Gasteiger partial charge in [0, 0.05) is 32.8 Å². The molecule has 3 aromatic rings. The molecule has 0 spiro atoms. The van der Waals surface area contributed by atoms with Gasteiger partial charge >= 0.3 is 0 Å². The SMILES string of the molecule is CN=C(NCCC(=O)NCc1ccccc1)NCc1nnc2ccccn12.I. The monoisotopic (exact) mass is 493 g/mol. The summed E-state index contributed by atoms with van der Waals surface area (Å²) in [6, 6.07) is 15.6. The molecular formula is C19H24IN7O. The number of aliphatic imine (C=N–C) groups is 1. The van der Waals surface area contributed by atoms with E-state index >= 15 is 0 Å². The maximum absolute atomic E-state index is 11.9. The quantitative estimate of drug-likeness (QED) is 0.265. The van der Waals surface area contributed by atoms with Gasteiger partial charge < -0.3 is 16.0 Å². The number of nitrogens with one attached hydrogen (secondary N) is 3. The zero-order valence-electron chi connectivity index (χ0n) is 15.6. The van der Waals surface area contributed by atoms with E-state index in [1.807, 2.05) is 59.1 Å². The first-order valence-electron chi connectivity index (χ1n) is 8.80. The van der Waals surface area contributed by atoms with Crippen LogP contribution in [-0.2, 0) is 17.9 Å². The van der Waals surface area contributed by atoms with Crippen LogP contribution in [0, 0.1) is 0 Å². The molecule has 0 aliphatic carbocycles. The summed E-state index contributed by atoms with van der Waals surface area (Å²) in [5, 5.41) is 17.5. The molecule has 8 nitrogen and oxygen atoms in total. The number of guanidine groups is 1. The van der Waals surface area contributed by atoms with Crippen molar-refractivity contribution in [3.63, 3.8) is 0 Å². The lowest BCUT2D eigenvalue weighted by molar-refractivity contribution is -0.121. The molecular weight excluding hydrogens is 469 g/mol. The molecule has 3 rings (SSSR count). The molecule has 2 heterocycles. The van der Waals surface area contributed by atoms with Gasteiger partial charge in [0.05, 0.1) is 6.54 Å². The number of carbonyl (C=O) groups is 1. The minimum absolute atomic E-state index is 0. The largest absolute Gasteiger partial charge is 0.356 e. The second-order valence-corrected chi connectivity index (χ2v) is 5.91. The molecule has 0 bridgehead atoms. The van der Waals surface area contributed by atoms with Gasteiger partial charge in [0.1, 0.15) is 0 Å². The number of rotatable bonds is 7. The number of hydrogen-bond donors (Lipinski definition) is 3. The Morgan fingerprint density at radius 3 is 2.57 bits per heavy atom. The van der Waals surface area contributed by atoms with Crippen molar-refractivity contribution in [3.05, 3.63) is 66.1 Å². The van der Waals surface area contributed by atoms with Gasteiger partial charge in [-0.15, -0.1) is 34.2 Å². The number of fused-ring (bicyclic) bond motifs is 1. The van der Waals surface area contributed by atoms with Gasteiger partial charge in [-0.05, 0) is 17.7 Å². The smallest absolute Gasteiger partial charge is 0.222 e. The molecule has 0 aliphatic heterocycles. The molecule has 9 heteroatoms. The van der Waals surface area contributed by atoms with E-state index in [9.17, 15) is 4.79 Å². The van der Waals surface area contributed by atoms with Crippen molar-refractivity contribution in [2.24, 2.45) is 4.99 Å². The normalized spacial score (nSPS) is 11.0. The Hall–Kier alpha value is -2.69. The van der Waals surface area contributed by atoms with Crippen molar-refractivity contribution in [2.45, 2.75) is 19.5 Å². The number of hydrogen-bond acceptors (Lipinski definition) is 4. The number of pyridine rings is 1. The van der Waals surface area contributed by atoms with Crippen LogP contribution in [0.25, 0.3) is 5.65 Å². The Bertz CT molecular complexity index is 911. The van der Waals surface area contributed by atoms with Crippen molar-refractivity contribution in [3.8, 4) is 0 Å². The number of nitrogens with zero attached hydrogens (tertiary/aromatic N) is 4. The molecule has 0 radical (unpaired) electrons. The molecule has 0 unspecified atom stereocenters. The van der Waals surface area contributed by atoms with Crippen LogP contribution >= 0.6 is 24.0 Å². The third-order valence-electron chi connectivity index (χ3n) is 4.00. The second kappa shape index (κ2) is 11.2. The Morgan fingerprint density at radius 2 is 1.79 bits per heavy atom. The molecule has 0 fully saturated rings. The van der Waals surface area contributed by atoms with Crippen molar-refractivity contribution < 1.29 is 4.79 Å². The van der Waals surface area contributed by atoms with E-state index in [1.54, 1.807) is 7.05 Å². The van der Waals surface area contributed by atoms with Crippen LogP contribution in [0.2, 0.25) is 0 Å². The summed E-state index contributed by atoms with van der Waals surface area (Å²) in [5.74, 6) is 1.39. The van der Waals surface area contributed by atoms with Crippen LogP contribution in [0.1, 0.15) is 17.8 Å². The van der Waals surface area contributed by atoms with Gasteiger partial charge in [0.15, 0.2) is 17.4 Å². The minimum Gasteiger partial charge on any atom is -0.356 e. The molecule has 0 aliphatic rings. The lowest BCUT2D eigenvalue weighted by Gasteiger charge is -2.11. The molecule has 1 amide bonds. The lowest BCUT2D eigenvalue weighted by atomic mass is 10.2. The van der Waals surface area contributed by atoms with Crippen LogP contribution in [0.3, 0.4) is 0 Å². The molecule has 28 heavy (non-hydrogen) atoms. The summed E-state index contributed by atoms with van der Waals surface area (Å²) >= 11 is 0. The van der Waals surface area contributed by atoms with E-state index in [-0.39, 0.29) is 29.9 Å². The van der Waals surface area contributed by atoms with E-state index in [0.717, 1.165) is 17.0 Å². The fourth-order valence-electron chi connectivity index (χ4n) is 2.57. The average Bonchev–Trinajstić information content (AvgIpc) is 3.13. The predicted octanol–water partition coefficient (Wildman–Crippen LogP) is 1.72. The van der Waals surface area contributed by atoms with Crippen LogP contribution in [0.15, 0.2) is 59.7 Å². The van der Waals surface area contributed by atoms with Crippen LogP contribution in [-0.4, -0.2) is 40.1 Å². The first-order chi connectivity index (χ1) is 13.3. The zero-order valence-corrected chi connectivity index (χ0v) is 18.0. The van der Waals surface area contributed by atoms with E-state index < -0.39 is 0 Å². The number of halogens is 1. The van der Waals surface area contributed by atoms with E-state index in [4.69, 9.17) is 0 Å². The molecule has 3 N–H and O–H groups in total. The fraction of sp³-hybridized carbons (Fsp3) is 0.263. The highest BCUT2D eigenvalue weighted by atomic mass is 127. The molecule has 0 atom stereocenters. The van der Waals surface area contributed by atoms with E-state index in [0.29, 0.717) is 32.0 Å². The Balaban J connectivity index is 0.00000280. The zero-order chi connectivity index (χ0) is 18.9. The fourth-order valence-corrected chi connectivity index (χ4v) is 2.57. The van der Waals surface area contributed by atoms with Crippen molar-refractivity contribution in [2.75, 3.05) is 13.6 Å². The highest BCUT2D eigenvalue weighted by Gasteiger charge is 2.06. The summed E-state index contributed by atoms with van der Waals surface area (Å²) in [6.45, 7) is 1.50. The number of carbonyl (C=O) groups excluding carboxylic acids is 1. The van der Waals surface area contributed by atoms with Crippen LogP contribution in [0.5, 0.6) is 0 Å². The average molecular weight is 493 g/mol. The summed E-state index contributed by atoms with van der Waals surface area (Å²) < 4.78 is 1.91.